The molecule has 0 aliphatic carbocycles. The number of aliphatic hydroxyl groups is 1. The van der Waals surface area contributed by atoms with Gasteiger partial charge < -0.3 is 10.8 Å². The van der Waals surface area contributed by atoms with E-state index < -0.39 is 5.91 Å². The summed E-state index contributed by atoms with van der Waals surface area (Å²) < 4.78 is 0. The second-order valence-corrected chi connectivity index (χ2v) is 2.30. The molecule has 0 saturated carbocycles. The van der Waals surface area contributed by atoms with Gasteiger partial charge in [0.25, 0.3) is 0 Å². The van der Waals surface area contributed by atoms with Gasteiger partial charge in [-0.25, -0.2) is 0 Å². The van der Waals surface area contributed by atoms with Crippen molar-refractivity contribution in [3.8, 4) is 0 Å². The zero-order valence-corrected chi connectivity index (χ0v) is 6.40. The molecule has 62 valence electrons. The van der Waals surface area contributed by atoms with E-state index >= 15 is 0 Å². The van der Waals surface area contributed by atoms with E-state index in [1.807, 2.05) is 6.07 Å². The van der Waals surface area contributed by atoms with Crippen LogP contribution < -0.4 is 5.73 Å². The molecular formula is C9H9NO2. The Morgan fingerprint density at radius 3 is 2.42 bits per heavy atom. The highest BCUT2D eigenvalue weighted by Gasteiger charge is 1.97. The van der Waals surface area contributed by atoms with Crippen LogP contribution in [-0.2, 0) is 4.79 Å². The average Bonchev–Trinajstić information content (AvgIpc) is 2.05. The van der Waals surface area contributed by atoms with Gasteiger partial charge in [0.15, 0.2) is 0 Å². The van der Waals surface area contributed by atoms with Crippen LogP contribution >= 0.6 is 0 Å². The molecule has 3 heteroatoms. The van der Waals surface area contributed by atoms with Gasteiger partial charge in [-0.1, -0.05) is 30.3 Å². The lowest BCUT2D eigenvalue weighted by atomic mass is 10.2. The topological polar surface area (TPSA) is 63.3 Å². The van der Waals surface area contributed by atoms with Crippen molar-refractivity contribution < 1.29 is 9.90 Å². The van der Waals surface area contributed by atoms with Crippen molar-refractivity contribution in [1.82, 2.24) is 0 Å². The molecule has 1 rings (SSSR count). The van der Waals surface area contributed by atoms with Gasteiger partial charge >= 0.3 is 0 Å². The zero-order valence-electron chi connectivity index (χ0n) is 6.40. The third-order valence-corrected chi connectivity index (χ3v) is 1.35. The Kier molecular flexibility index (Phi) is 2.48. The van der Waals surface area contributed by atoms with Gasteiger partial charge in [-0.3, -0.25) is 4.79 Å². The summed E-state index contributed by atoms with van der Waals surface area (Å²) >= 11 is 0. The molecule has 0 radical (unpaired) electrons. The fourth-order valence-corrected chi connectivity index (χ4v) is 0.827. The number of rotatable bonds is 2. The van der Waals surface area contributed by atoms with Crippen LogP contribution in [0.5, 0.6) is 0 Å². The van der Waals surface area contributed by atoms with Gasteiger partial charge in [0, 0.05) is 11.6 Å². The van der Waals surface area contributed by atoms with Crippen molar-refractivity contribution in [2.45, 2.75) is 0 Å². The van der Waals surface area contributed by atoms with Crippen molar-refractivity contribution in [3.63, 3.8) is 0 Å². The molecule has 3 N–H and O–H groups in total. The molecule has 0 aliphatic rings. The van der Waals surface area contributed by atoms with Gasteiger partial charge in [-0.2, -0.15) is 0 Å². The minimum Gasteiger partial charge on any atom is -0.507 e. The minimum absolute atomic E-state index is 0.108. The first-order valence-electron chi connectivity index (χ1n) is 3.45. The maximum Gasteiger partial charge on any atom is 0.245 e. The SMILES string of the molecule is NC(=O)C=C(O)c1ccccc1. The number of aliphatic hydroxyl groups excluding tert-OH is 1. The molecule has 0 aliphatic heterocycles. The molecule has 0 spiro atoms. The van der Waals surface area contributed by atoms with Crippen molar-refractivity contribution >= 4 is 11.7 Å². The molecule has 0 bridgehead atoms. The van der Waals surface area contributed by atoms with Crippen LogP contribution in [0, 0.1) is 0 Å². The van der Waals surface area contributed by atoms with Gasteiger partial charge in [-0.15, -0.1) is 0 Å². The first-order valence-corrected chi connectivity index (χ1v) is 3.45. The van der Waals surface area contributed by atoms with Crippen LogP contribution in [0.4, 0.5) is 0 Å². The smallest absolute Gasteiger partial charge is 0.245 e. The number of hydrogen-bond donors (Lipinski definition) is 2. The van der Waals surface area contributed by atoms with Crippen molar-refractivity contribution in [2.24, 2.45) is 5.73 Å². The van der Waals surface area contributed by atoms with Crippen LogP contribution in [0.3, 0.4) is 0 Å². The van der Waals surface area contributed by atoms with E-state index in [1.165, 1.54) is 0 Å². The van der Waals surface area contributed by atoms with Gasteiger partial charge in [0.1, 0.15) is 5.76 Å². The normalized spacial score (nSPS) is 11.2. The first kappa shape index (κ1) is 8.33. The van der Waals surface area contributed by atoms with Crippen molar-refractivity contribution in [1.29, 1.82) is 0 Å². The lowest BCUT2D eigenvalue weighted by Crippen LogP contribution is -2.06. The standard InChI is InChI=1S/C9H9NO2/c10-9(12)6-8(11)7-4-2-1-3-5-7/h1-6,11H,(H2,10,12). The predicted octanol–water partition coefficient (Wildman–Crippen LogP) is 1.07. The largest absolute Gasteiger partial charge is 0.507 e. The van der Waals surface area contributed by atoms with Crippen LogP contribution in [0.2, 0.25) is 0 Å². The molecule has 0 saturated heterocycles. The fourth-order valence-electron chi connectivity index (χ4n) is 0.827. The highest BCUT2D eigenvalue weighted by molar-refractivity contribution is 5.92. The average molecular weight is 163 g/mol. The Morgan fingerprint density at radius 2 is 1.92 bits per heavy atom. The Balaban J connectivity index is 2.93. The summed E-state index contributed by atoms with van der Waals surface area (Å²) in [4.78, 5) is 10.4. The summed E-state index contributed by atoms with van der Waals surface area (Å²) in [5, 5.41) is 9.25. The highest BCUT2D eigenvalue weighted by Crippen LogP contribution is 2.08. The molecule has 0 aromatic heterocycles. The highest BCUT2D eigenvalue weighted by atomic mass is 16.3. The summed E-state index contributed by atoms with van der Waals surface area (Å²) in [5.41, 5.74) is 5.44. The molecule has 0 fully saturated rings. The second-order valence-electron chi connectivity index (χ2n) is 2.30. The number of amides is 1. The van der Waals surface area contributed by atoms with E-state index in [4.69, 9.17) is 5.73 Å². The maximum atomic E-state index is 10.4. The predicted molar refractivity (Wildman–Crippen MR) is 46.2 cm³/mol. The Bertz CT molecular complexity index is 304. The molecule has 0 unspecified atom stereocenters. The Hall–Kier alpha value is -1.77. The van der Waals surface area contributed by atoms with Gasteiger partial charge in [0.2, 0.25) is 5.91 Å². The van der Waals surface area contributed by atoms with Crippen molar-refractivity contribution in [2.75, 3.05) is 0 Å². The Morgan fingerprint density at radius 1 is 1.33 bits per heavy atom. The third-order valence-electron chi connectivity index (χ3n) is 1.35. The van der Waals surface area contributed by atoms with Crippen LogP contribution in [0.15, 0.2) is 36.4 Å². The van der Waals surface area contributed by atoms with E-state index in [0.717, 1.165) is 6.08 Å². The summed E-state index contributed by atoms with van der Waals surface area (Å²) in [5.74, 6) is -0.764. The first-order chi connectivity index (χ1) is 5.70. The molecule has 1 aromatic rings. The lowest BCUT2D eigenvalue weighted by Gasteiger charge is -1.96. The number of hydrogen-bond acceptors (Lipinski definition) is 2. The molecular weight excluding hydrogens is 154 g/mol. The van der Waals surface area contributed by atoms with E-state index in [1.54, 1.807) is 24.3 Å². The maximum absolute atomic E-state index is 10.4. The van der Waals surface area contributed by atoms with Gasteiger partial charge in [0.05, 0.1) is 0 Å². The second kappa shape index (κ2) is 3.57. The van der Waals surface area contributed by atoms with Crippen LogP contribution in [0.25, 0.3) is 5.76 Å². The Labute approximate surface area is 70.1 Å². The molecule has 12 heavy (non-hydrogen) atoms. The summed E-state index contributed by atoms with van der Waals surface area (Å²) in [6, 6.07) is 8.73. The number of primary amides is 1. The van der Waals surface area contributed by atoms with Crippen LogP contribution in [-0.4, -0.2) is 11.0 Å². The fraction of sp³-hybridized carbons (Fsp3) is 0. The van der Waals surface area contributed by atoms with Crippen LogP contribution in [0.1, 0.15) is 5.56 Å². The van der Waals surface area contributed by atoms with E-state index in [2.05, 4.69) is 0 Å². The minimum atomic E-state index is -0.656. The molecule has 0 atom stereocenters. The molecule has 0 heterocycles. The van der Waals surface area contributed by atoms with E-state index in [-0.39, 0.29) is 5.76 Å². The zero-order chi connectivity index (χ0) is 8.97. The quantitative estimate of drug-likeness (QED) is 0.506. The molecule has 3 nitrogen and oxygen atoms in total. The van der Waals surface area contributed by atoms with E-state index in [0.29, 0.717) is 5.56 Å². The number of nitrogens with two attached hydrogens (primary N) is 1. The number of benzene rings is 1. The third kappa shape index (κ3) is 2.12. The van der Waals surface area contributed by atoms with Gasteiger partial charge in [-0.05, 0) is 0 Å². The van der Waals surface area contributed by atoms with Crippen molar-refractivity contribution in [3.05, 3.63) is 42.0 Å². The summed E-state index contributed by atoms with van der Waals surface area (Å²) in [7, 11) is 0. The monoisotopic (exact) mass is 163 g/mol. The summed E-state index contributed by atoms with van der Waals surface area (Å²) in [6.07, 6.45) is 0.981. The number of carbonyl (C=O) groups is 1. The lowest BCUT2D eigenvalue weighted by molar-refractivity contribution is -0.113. The molecule has 1 aromatic carbocycles. The molecule has 1 amide bonds. The summed E-state index contributed by atoms with van der Waals surface area (Å²) in [6.45, 7) is 0. The number of carbonyl (C=O) groups excluding carboxylic acids is 1. The van der Waals surface area contributed by atoms with E-state index in [9.17, 15) is 9.90 Å².